The van der Waals surface area contributed by atoms with Crippen molar-refractivity contribution in [2.45, 2.75) is 84.8 Å². The maximum atomic E-state index is 12.7. The van der Waals surface area contributed by atoms with Crippen LogP contribution in [-0.2, 0) is 15.6 Å². The molecule has 0 bridgehead atoms. The first kappa shape index (κ1) is 34.7. The van der Waals surface area contributed by atoms with Crippen molar-refractivity contribution in [3.63, 3.8) is 0 Å². The Morgan fingerprint density at radius 1 is 0.894 bits per heavy atom. The smallest absolute Gasteiger partial charge is 0.255 e. The fourth-order valence-electron chi connectivity index (χ4n) is 5.63. The second kappa shape index (κ2) is 12.4. The molecule has 0 saturated heterocycles. The van der Waals surface area contributed by atoms with Crippen LogP contribution < -0.4 is 5.32 Å². The first-order valence-corrected chi connectivity index (χ1v) is 19.9. The zero-order chi connectivity index (χ0) is 34.5. The second-order valence-corrected chi connectivity index (χ2v) is 20.2. The van der Waals surface area contributed by atoms with Crippen LogP contribution >= 0.6 is 22.6 Å². The third kappa shape index (κ3) is 7.58. The summed E-state index contributed by atoms with van der Waals surface area (Å²) in [5, 5.41) is 30.3. The molecule has 4 heterocycles. The van der Waals surface area contributed by atoms with Crippen molar-refractivity contribution >= 4 is 69.8 Å². The maximum Gasteiger partial charge on any atom is 0.255 e. The van der Waals surface area contributed by atoms with E-state index in [0.717, 1.165) is 25.7 Å². The Morgan fingerprint density at radius 2 is 1.51 bits per heavy atom. The van der Waals surface area contributed by atoms with Crippen LogP contribution in [0.4, 0.5) is 0 Å². The van der Waals surface area contributed by atoms with Gasteiger partial charge in [-0.25, -0.2) is 9.97 Å². The third-order valence-electron chi connectivity index (χ3n) is 7.36. The van der Waals surface area contributed by atoms with Gasteiger partial charge < -0.3 is 19.8 Å². The molecule has 13 heteroatoms. The molecule has 0 saturated carbocycles. The molecular weight excluding hydrogens is 723 g/mol. The van der Waals surface area contributed by atoms with Crippen molar-refractivity contribution < 1.29 is 14.3 Å². The van der Waals surface area contributed by atoms with Crippen LogP contribution in [0.15, 0.2) is 48.8 Å². The first-order chi connectivity index (χ1) is 21.7. The average Bonchev–Trinajstić information content (AvgIpc) is 3.67. The van der Waals surface area contributed by atoms with Gasteiger partial charge in [-0.3, -0.25) is 15.0 Å². The van der Waals surface area contributed by atoms with Gasteiger partial charge in [0, 0.05) is 33.6 Å². The summed E-state index contributed by atoms with van der Waals surface area (Å²) in [5.74, 6) is -0.214. The largest absolute Gasteiger partial charge is 0.409 e. The number of aromatic nitrogens is 7. The SMILES string of the molecule is CC(C)(C)NC(=O)c1c[nH]c2ncc(-c3[nH]nc4c(C(C)(C)O)cccc34)nc12.CC(C)(O[Si](C)(C)C)c1cccc2c(I)[nH]nc12. The highest BCUT2D eigenvalue weighted by atomic mass is 127. The van der Waals surface area contributed by atoms with E-state index in [0.29, 0.717) is 33.6 Å². The molecule has 0 fully saturated rings. The standard InChI is InChI=1S/C21H24N6O2.C13H19IN2OSi/c1-20(2,3)25-19(28)12-9-22-18-17(12)24-14(10-23-18)16-11-7-6-8-13(21(4,5)29)15(11)26-27-16;1-13(2,17-18(3,4)5)10-8-6-7-9-11(10)15-16-12(9)14/h6-10,29H,1-5H3,(H,22,23)(H,25,28)(H,26,27);6-8H,1-5H3,(H,15,16). The molecular formula is C34H43IN8O3Si. The van der Waals surface area contributed by atoms with Gasteiger partial charge >= 0.3 is 0 Å². The van der Waals surface area contributed by atoms with Crippen molar-refractivity contribution in [1.82, 2.24) is 40.7 Å². The predicted molar refractivity (Wildman–Crippen MR) is 198 cm³/mol. The lowest BCUT2D eigenvalue weighted by molar-refractivity contribution is 0.0799. The number of halogens is 1. The molecule has 0 radical (unpaired) electrons. The molecule has 1 amide bonds. The number of rotatable bonds is 6. The number of carbonyl (C=O) groups is 1. The van der Waals surface area contributed by atoms with Gasteiger partial charge in [0.05, 0.1) is 39.7 Å². The lowest BCUT2D eigenvalue weighted by atomic mass is 9.95. The van der Waals surface area contributed by atoms with E-state index < -0.39 is 13.9 Å². The summed E-state index contributed by atoms with van der Waals surface area (Å²) in [6.07, 6.45) is 3.25. The Morgan fingerprint density at radius 3 is 2.15 bits per heavy atom. The topological polar surface area (TPSA) is 157 Å². The summed E-state index contributed by atoms with van der Waals surface area (Å²) in [5.41, 5.74) is 4.59. The molecule has 248 valence electrons. The molecule has 4 aromatic heterocycles. The minimum atomic E-state index is -1.60. The van der Waals surface area contributed by atoms with Crippen LogP contribution in [0, 0.1) is 3.70 Å². The van der Waals surface area contributed by atoms with Crippen LogP contribution in [0.2, 0.25) is 19.6 Å². The highest BCUT2D eigenvalue weighted by Gasteiger charge is 2.31. The Kier molecular flexibility index (Phi) is 9.16. The number of fused-ring (bicyclic) bond motifs is 3. The molecule has 0 aliphatic heterocycles. The molecule has 11 nitrogen and oxygen atoms in total. The second-order valence-electron chi connectivity index (χ2n) is 14.7. The maximum absolute atomic E-state index is 12.7. The lowest BCUT2D eigenvalue weighted by Crippen LogP contribution is -2.40. The molecule has 0 spiro atoms. The van der Waals surface area contributed by atoms with Gasteiger partial charge in [0.1, 0.15) is 14.9 Å². The molecule has 6 aromatic rings. The fraction of sp³-hybridized carbons (Fsp3) is 0.382. The number of hydrogen-bond donors (Lipinski definition) is 5. The van der Waals surface area contributed by atoms with Crippen LogP contribution in [0.3, 0.4) is 0 Å². The first-order valence-electron chi connectivity index (χ1n) is 15.5. The number of para-hydroxylation sites is 2. The zero-order valence-electron chi connectivity index (χ0n) is 28.5. The van der Waals surface area contributed by atoms with E-state index in [2.05, 4.69) is 115 Å². The van der Waals surface area contributed by atoms with E-state index in [9.17, 15) is 9.90 Å². The number of nitrogens with one attached hydrogen (secondary N) is 4. The number of benzene rings is 2. The third-order valence-corrected chi connectivity index (χ3v) is 9.31. The Balaban J connectivity index is 0.000000207. The lowest BCUT2D eigenvalue weighted by Gasteiger charge is -2.33. The Hall–Kier alpha value is -3.66. The van der Waals surface area contributed by atoms with Crippen molar-refractivity contribution in [3.8, 4) is 11.4 Å². The summed E-state index contributed by atoms with van der Waals surface area (Å²) < 4.78 is 7.39. The van der Waals surface area contributed by atoms with Crippen LogP contribution in [0.1, 0.15) is 70.0 Å². The number of aliphatic hydroxyl groups is 1. The minimum Gasteiger partial charge on any atom is -0.409 e. The Bertz CT molecular complexity index is 2080. The normalized spacial score (nSPS) is 12.9. The Labute approximate surface area is 289 Å². The highest BCUT2D eigenvalue weighted by molar-refractivity contribution is 14.1. The fourth-order valence-corrected chi connectivity index (χ4v) is 7.83. The molecule has 47 heavy (non-hydrogen) atoms. The van der Waals surface area contributed by atoms with Crippen molar-refractivity contribution in [2.75, 3.05) is 0 Å². The van der Waals surface area contributed by atoms with E-state index in [1.165, 1.54) is 5.39 Å². The quantitative estimate of drug-likeness (QED) is 0.0868. The molecule has 2 aromatic carbocycles. The molecule has 5 N–H and O–H groups in total. The summed E-state index contributed by atoms with van der Waals surface area (Å²) in [4.78, 5) is 24.8. The van der Waals surface area contributed by atoms with E-state index in [4.69, 9.17) is 4.43 Å². The van der Waals surface area contributed by atoms with Gasteiger partial charge in [-0.05, 0) is 90.7 Å². The molecule has 0 aliphatic rings. The van der Waals surface area contributed by atoms with Crippen LogP contribution in [0.25, 0.3) is 44.4 Å². The van der Waals surface area contributed by atoms with Gasteiger partial charge in [0.2, 0.25) is 0 Å². The monoisotopic (exact) mass is 766 g/mol. The average molecular weight is 767 g/mol. The number of H-pyrrole nitrogens is 3. The summed E-state index contributed by atoms with van der Waals surface area (Å²) in [7, 11) is -1.60. The molecule has 0 atom stereocenters. The van der Waals surface area contributed by atoms with Crippen LogP contribution in [-0.4, -0.2) is 60.2 Å². The van der Waals surface area contributed by atoms with Crippen molar-refractivity contribution in [1.29, 1.82) is 0 Å². The summed E-state index contributed by atoms with van der Waals surface area (Å²) in [6.45, 7) is 20.1. The number of amides is 1. The van der Waals surface area contributed by atoms with E-state index >= 15 is 0 Å². The summed E-state index contributed by atoms with van der Waals surface area (Å²) >= 11 is 2.28. The van der Waals surface area contributed by atoms with Gasteiger partial charge in [0.25, 0.3) is 5.91 Å². The van der Waals surface area contributed by atoms with Crippen molar-refractivity contribution in [2.24, 2.45) is 0 Å². The zero-order valence-corrected chi connectivity index (χ0v) is 31.7. The van der Waals surface area contributed by atoms with Gasteiger partial charge in [-0.2, -0.15) is 10.2 Å². The molecule has 0 aliphatic carbocycles. The van der Waals surface area contributed by atoms with Gasteiger partial charge in [-0.15, -0.1) is 0 Å². The molecule has 6 rings (SSSR count). The van der Waals surface area contributed by atoms with E-state index in [1.807, 2.05) is 39.0 Å². The number of aromatic amines is 3. The number of hydrogen-bond acceptors (Lipinski definition) is 7. The highest BCUT2D eigenvalue weighted by Crippen LogP contribution is 2.35. The predicted octanol–water partition coefficient (Wildman–Crippen LogP) is 7.51. The number of nitrogens with zero attached hydrogens (tertiary/aromatic N) is 4. The van der Waals surface area contributed by atoms with E-state index in [1.54, 1.807) is 26.2 Å². The van der Waals surface area contributed by atoms with Gasteiger partial charge in [0.15, 0.2) is 14.0 Å². The summed E-state index contributed by atoms with van der Waals surface area (Å²) in [6, 6.07) is 11.9. The van der Waals surface area contributed by atoms with Crippen LogP contribution in [0.5, 0.6) is 0 Å². The minimum absolute atomic E-state index is 0.214. The number of carbonyl (C=O) groups excluding carboxylic acids is 1. The van der Waals surface area contributed by atoms with E-state index in [-0.39, 0.29) is 17.0 Å². The van der Waals surface area contributed by atoms with Gasteiger partial charge in [-0.1, -0.05) is 36.4 Å². The van der Waals surface area contributed by atoms with Crippen molar-refractivity contribution in [3.05, 3.63) is 69.2 Å². The molecule has 0 unspecified atom stereocenters.